The van der Waals surface area contributed by atoms with Crippen molar-refractivity contribution in [2.75, 3.05) is 25.5 Å². The number of anilines is 1. The van der Waals surface area contributed by atoms with E-state index in [1.165, 1.54) is 0 Å². The second-order valence-electron chi connectivity index (χ2n) is 5.72. The van der Waals surface area contributed by atoms with E-state index in [4.69, 9.17) is 10.5 Å². The van der Waals surface area contributed by atoms with Gasteiger partial charge in [-0.25, -0.2) is 8.42 Å². The zero-order valence-electron chi connectivity index (χ0n) is 11.7. The maximum absolute atomic E-state index is 12.9. The fourth-order valence-electron chi connectivity index (χ4n) is 2.59. The molecule has 1 atom stereocenters. The number of halogens is 1. The number of nitrogens with zero attached hydrogens (tertiary/aromatic N) is 1. The van der Waals surface area contributed by atoms with Crippen molar-refractivity contribution in [1.82, 2.24) is 4.31 Å². The van der Waals surface area contributed by atoms with Crippen LogP contribution >= 0.6 is 15.9 Å². The zero-order chi connectivity index (χ0) is 15.0. The van der Waals surface area contributed by atoms with Gasteiger partial charge in [0, 0.05) is 29.4 Å². The molecule has 1 aliphatic heterocycles. The third kappa shape index (κ3) is 3.26. The lowest BCUT2D eigenvalue weighted by Crippen LogP contribution is -2.37. The Bertz CT molecular complexity index is 625. The molecule has 2 N–H and O–H groups in total. The summed E-state index contributed by atoms with van der Waals surface area (Å²) in [6.45, 7) is 1.94. The molecule has 5 nitrogen and oxygen atoms in total. The Morgan fingerprint density at radius 1 is 1.33 bits per heavy atom. The van der Waals surface area contributed by atoms with Crippen LogP contribution in [0.2, 0.25) is 0 Å². The highest BCUT2D eigenvalue weighted by Gasteiger charge is 2.39. The molecule has 0 bridgehead atoms. The molecular weight excluding hydrogens is 356 g/mol. The minimum absolute atomic E-state index is 0.145. The van der Waals surface area contributed by atoms with E-state index in [0.717, 1.165) is 25.9 Å². The van der Waals surface area contributed by atoms with Crippen LogP contribution in [0.1, 0.15) is 19.3 Å². The van der Waals surface area contributed by atoms with Crippen molar-refractivity contribution in [3.8, 4) is 0 Å². The van der Waals surface area contributed by atoms with Crippen LogP contribution in [0.4, 0.5) is 5.69 Å². The molecule has 1 aliphatic carbocycles. The van der Waals surface area contributed by atoms with Crippen LogP contribution in [0.15, 0.2) is 27.6 Å². The average Bonchev–Trinajstić information content (AvgIpc) is 3.15. The quantitative estimate of drug-likeness (QED) is 0.801. The highest BCUT2D eigenvalue weighted by atomic mass is 79.9. The molecule has 7 heteroatoms. The normalized spacial score (nSPS) is 22.9. The van der Waals surface area contributed by atoms with Crippen LogP contribution < -0.4 is 5.73 Å². The van der Waals surface area contributed by atoms with Crippen LogP contribution in [0, 0.1) is 5.92 Å². The summed E-state index contributed by atoms with van der Waals surface area (Å²) in [5.74, 6) is 0.303. The Hall–Kier alpha value is -0.630. The lowest BCUT2D eigenvalue weighted by atomic mass is 10.1. The van der Waals surface area contributed by atoms with Gasteiger partial charge in [-0.1, -0.05) is 0 Å². The SMILES string of the molecule is Nc1ccc(S(=O)(=O)N(CC2CCOC2)C2CC2)cc1Br. The van der Waals surface area contributed by atoms with E-state index < -0.39 is 10.0 Å². The van der Waals surface area contributed by atoms with Gasteiger partial charge in [0.1, 0.15) is 0 Å². The van der Waals surface area contributed by atoms with Gasteiger partial charge in [0.15, 0.2) is 0 Å². The Morgan fingerprint density at radius 3 is 2.67 bits per heavy atom. The predicted molar refractivity (Wildman–Crippen MR) is 84.4 cm³/mol. The summed E-state index contributed by atoms with van der Waals surface area (Å²) >= 11 is 3.30. The molecular formula is C14H19BrN2O3S. The van der Waals surface area contributed by atoms with Crippen molar-refractivity contribution in [3.05, 3.63) is 22.7 Å². The van der Waals surface area contributed by atoms with Crippen molar-refractivity contribution < 1.29 is 13.2 Å². The lowest BCUT2D eigenvalue weighted by molar-refractivity contribution is 0.180. The monoisotopic (exact) mass is 374 g/mol. The molecule has 1 unspecified atom stereocenters. The van der Waals surface area contributed by atoms with Crippen LogP contribution in [0.5, 0.6) is 0 Å². The van der Waals surface area contributed by atoms with E-state index in [2.05, 4.69) is 15.9 Å². The summed E-state index contributed by atoms with van der Waals surface area (Å²) in [5, 5.41) is 0. The largest absolute Gasteiger partial charge is 0.398 e. The molecule has 1 saturated carbocycles. The Labute approximate surface area is 133 Å². The van der Waals surface area contributed by atoms with Gasteiger partial charge in [-0.15, -0.1) is 0 Å². The Balaban J connectivity index is 1.87. The zero-order valence-corrected chi connectivity index (χ0v) is 14.1. The average molecular weight is 375 g/mol. The van der Waals surface area contributed by atoms with Gasteiger partial charge in [-0.2, -0.15) is 4.31 Å². The van der Waals surface area contributed by atoms with Crippen LogP contribution in [-0.2, 0) is 14.8 Å². The Morgan fingerprint density at radius 2 is 2.10 bits per heavy atom. The van der Waals surface area contributed by atoms with E-state index in [9.17, 15) is 8.42 Å². The van der Waals surface area contributed by atoms with Crippen LogP contribution in [-0.4, -0.2) is 38.5 Å². The van der Waals surface area contributed by atoms with E-state index in [1.54, 1.807) is 22.5 Å². The predicted octanol–water partition coefficient (Wildman–Crippen LogP) is 2.22. The second kappa shape index (κ2) is 5.87. The van der Waals surface area contributed by atoms with Gasteiger partial charge in [0.25, 0.3) is 0 Å². The van der Waals surface area contributed by atoms with Crippen molar-refractivity contribution in [2.45, 2.75) is 30.2 Å². The first-order valence-electron chi connectivity index (χ1n) is 7.13. The van der Waals surface area contributed by atoms with Crippen molar-refractivity contribution in [1.29, 1.82) is 0 Å². The summed E-state index contributed by atoms with van der Waals surface area (Å²) in [6.07, 6.45) is 2.83. The summed E-state index contributed by atoms with van der Waals surface area (Å²) in [5.41, 5.74) is 6.28. The Kier molecular flexibility index (Phi) is 4.27. The molecule has 3 rings (SSSR count). The summed E-state index contributed by atoms with van der Waals surface area (Å²) in [4.78, 5) is 0.300. The van der Waals surface area contributed by atoms with Crippen LogP contribution in [0.3, 0.4) is 0 Å². The highest BCUT2D eigenvalue weighted by molar-refractivity contribution is 9.10. The van der Waals surface area contributed by atoms with Gasteiger partial charge >= 0.3 is 0 Å². The third-order valence-corrected chi connectivity index (χ3v) is 6.60. The molecule has 1 aromatic rings. The number of rotatable bonds is 5. The van der Waals surface area contributed by atoms with Crippen molar-refractivity contribution in [3.63, 3.8) is 0 Å². The maximum atomic E-state index is 12.9. The molecule has 0 amide bonds. The number of hydrogen-bond acceptors (Lipinski definition) is 4. The van der Waals surface area contributed by atoms with Gasteiger partial charge in [0.05, 0.1) is 11.5 Å². The number of benzene rings is 1. The molecule has 0 aromatic heterocycles. The summed E-state index contributed by atoms with van der Waals surface area (Å²) < 4.78 is 33.4. The summed E-state index contributed by atoms with van der Waals surface area (Å²) in [6, 6.07) is 4.94. The molecule has 2 fully saturated rings. The first-order valence-corrected chi connectivity index (χ1v) is 9.36. The van der Waals surface area contributed by atoms with Crippen molar-refractivity contribution >= 4 is 31.6 Å². The number of hydrogen-bond donors (Lipinski definition) is 1. The molecule has 21 heavy (non-hydrogen) atoms. The van der Waals surface area contributed by atoms with E-state index in [1.807, 2.05) is 0 Å². The fraction of sp³-hybridized carbons (Fsp3) is 0.571. The van der Waals surface area contributed by atoms with Gasteiger partial charge in [-0.3, -0.25) is 0 Å². The van der Waals surface area contributed by atoms with Gasteiger partial charge < -0.3 is 10.5 Å². The molecule has 1 heterocycles. The first kappa shape index (κ1) is 15.3. The molecule has 1 saturated heterocycles. The minimum atomic E-state index is -3.47. The standard InChI is InChI=1S/C14H19BrN2O3S/c15-13-7-12(3-4-14(13)16)21(18,19)17(11-1-2-11)8-10-5-6-20-9-10/h3-4,7,10-11H,1-2,5-6,8-9,16H2. The topological polar surface area (TPSA) is 72.6 Å². The number of nitrogen functional groups attached to an aromatic ring is 1. The van der Waals surface area contributed by atoms with Gasteiger partial charge in [0.2, 0.25) is 10.0 Å². The summed E-state index contributed by atoms with van der Waals surface area (Å²) in [7, 11) is -3.47. The number of nitrogens with two attached hydrogens (primary N) is 1. The fourth-order valence-corrected chi connectivity index (χ4v) is 4.91. The molecule has 0 radical (unpaired) electrons. The van der Waals surface area contributed by atoms with Crippen molar-refractivity contribution in [2.24, 2.45) is 5.92 Å². The lowest BCUT2D eigenvalue weighted by Gasteiger charge is -2.24. The second-order valence-corrected chi connectivity index (χ2v) is 8.46. The smallest absolute Gasteiger partial charge is 0.243 e. The third-order valence-electron chi connectivity index (χ3n) is 3.99. The van der Waals surface area contributed by atoms with Gasteiger partial charge in [-0.05, 0) is 59.3 Å². The number of sulfonamides is 1. The van der Waals surface area contributed by atoms with Crippen LogP contribution in [0.25, 0.3) is 0 Å². The maximum Gasteiger partial charge on any atom is 0.243 e. The van der Waals surface area contributed by atoms with E-state index in [-0.39, 0.29) is 6.04 Å². The molecule has 116 valence electrons. The van der Waals surface area contributed by atoms with E-state index in [0.29, 0.717) is 34.1 Å². The first-order chi connectivity index (χ1) is 9.98. The highest BCUT2D eigenvalue weighted by Crippen LogP contribution is 2.35. The number of ether oxygens (including phenoxy) is 1. The molecule has 2 aliphatic rings. The molecule has 0 spiro atoms. The van der Waals surface area contributed by atoms with E-state index >= 15 is 0 Å². The minimum Gasteiger partial charge on any atom is -0.398 e. The molecule has 1 aromatic carbocycles.